The van der Waals surface area contributed by atoms with Crippen molar-refractivity contribution < 1.29 is 43.7 Å². The zero-order valence-electron chi connectivity index (χ0n) is 20.5. The van der Waals surface area contributed by atoms with Crippen LogP contribution in [0.5, 0.6) is 0 Å². The normalized spacial score (nSPS) is 9.37. The smallest absolute Gasteiger partial charge is 0.112 e. The summed E-state index contributed by atoms with van der Waals surface area (Å²) in [6.45, 7) is 0. The maximum atomic E-state index is 11.7. The summed E-state index contributed by atoms with van der Waals surface area (Å²) in [7, 11) is 0. The van der Waals surface area contributed by atoms with E-state index < -0.39 is 0 Å². The van der Waals surface area contributed by atoms with Gasteiger partial charge in [-0.1, -0.05) is 82.9 Å². The van der Waals surface area contributed by atoms with Crippen LogP contribution in [0.4, 0.5) is 0 Å². The average Bonchev–Trinajstić information content (AvgIpc) is 3.76. The molecular weight excluding hydrogens is 552 g/mol. The second-order valence-electron chi connectivity index (χ2n) is 8.08. The van der Waals surface area contributed by atoms with Gasteiger partial charge < -0.3 is 9.59 Å². The average molecular weight is 578 g/mol. The molecule has 194 valence electrons. The van der Waals surface area contributed by atoms with Gasteiger partial charge in [0.25, 0.3) is 0 Å². The van der Waals surface area contributed by atoms with Crippen LogP contribution >= 0.6 is 0 Å². The van der Waals surface area contributed by atoms with Crippen LogP contribution in [0.3, 0.4) is 0 Å². The molecule has 0 atom stereocenters. The van der Waals surface area contributed by atoms with Crippen LogP contribution in [0.15, 0.2) is 158 Å². The zero-order chi connectivity index (χ0) is 25.0. The first kappa shape index (κ1) is 30.4. The van der Waals surface area contributed by atoms with Gasteiger partial charge in [-0.2, -0.15) is 83.9 Å². The molecule has 0 spiro atoms. The van der Waals surface area contributed by atoms with Gasteiger partial charge >= 0.3 is 0 Å². The Kier molecular flexibility index (Phi) is 12.9. The van der Waals surface area contributed by atoms with Crippen LogP contribution in [-0.4, -0.2) is 11.6 Å². The summed E-state index contributed by atoms with van der Waals surface area (Å²) in [5, 5.41) is 0. The minimum Gasteiger partial charge on any atom is -0.311 e. The molecule has 0 saturated carbocycles. The molecule has 6 rings (SSSR count). The number of benzene rings is 2. The topological polar surface area (TPSA) is 34.1 Å². The van der Waals surface area contributed by atoms with Crippen LogP contribution in [0, 0.1) is 0 Å². The Balaban J connectivity index is 0.000000197. The standard InChI is InChI=1S/2C12H9O.C10H8.2Fe/c2*13-12(11-8-4-5-9-11)10-6-2-1-3-7-10;1-2-6-9(5-1)10-7-3-4-8-10;;/h2*1-9H;1-8H;;/q2*-1;-2;;. The Labute approximate surface area is 245 Å². The van der Waals surface area contributed by atoms with E-state index in [2.05, 4.69) is 48.5 Å². The van der Waals surface area contributed by atoms with Crippen molar-refractivity contribution in [2.24, 2.45) is 0 Å². The zero-order valence-corrected chi connectivity index (χ0v) is 22.7. The van der Waals surface area contributed by atoms with Gasteiger partial charge in [0, 0.05) is 34.1 Å². The Morgan fingerprint density at radius 1 is 0.368 bits per heavy atom. The third-order valence-electron chi connectivity index (χ3n) is 5.58. The molecule has 0 aliphatic heterocycles. The first-order valence-electron chi connectivity index (χ1n) is 11.8. The summed E-state index contributed by atoms with van der Waals surface area (Å²) in [5.74, 6) is 0.177. The first-order chi connectivity index (χ1) is 17.7. The minimum atomic E-state index is 0. The SMILES string of the molecule is O=C(c1ccccc1)[c-]1cccc1.O=C(c1ccccc1)[c-]1cccc1.[Fe].[Fe].c1cc[c-](-[c-]2cccc2)c1. The van der Waals surface area contributed by atoms with Gasteiger partial charge in [-0.25, -0.2) is 0 Å². The second kappa shape index (κ2) is 16.1. The predicted molar refractivity (Wildman–Crippen MR) is 147 cm³/mol. The van der Waals surface area contributed by atoms with Crippen molar-refractivity contribution >= 4 is 11.6 Å². The molecular formula is C34H26Fe2O2-4. The van der Waals surface area contributed by atoms with Crippen molar-refractivity contribution in [3.63, 3.8) is 0 Å². The van der Waals surface area contributed by atoms with Crippen molar-refractivity contribution in [1.82, 2.24) is 0 Å². The van der Waals surface area contributed by atoms with E-state index >= 15 is 0 Å². The van der Waals surface area contributed by atoms with Gasteiger partial charge in [0.05, 0.1) is 0 Å². The van der Waals surface area contributed by atoms with Crippen molar-refractivity contribution in [2.45, 2.75) is 0 Å². The maximum Gasteiger partial charge on any atom is 0.112 e. The molecule has 4 heteroatoms. The van der Waals surface area contributed by atoms with E-state index in [0.717, 1.165) is 22.3 Å². The van der Waals surface area contributed by atoms with E-state index in [1.807, 2.05) is 109 Å². The number of ketones is 2. The van der Waals surface area contributed by atoms with E-state index in [4.69, 9.17) is 0 Å². The van der Waals surface area contributed by atoms with Gasteiger partial charge in [0.1, 0.15) is 11.6 Å². The van der Waals surface area contributed by atoms with Crippen LogP contribution in [-0.2, 0) is 34.1 Å². The fourth-order valence-corrected chi connectivity index (χ4v) is 3.70. The van der Waals surface area contributed by atoms with Crippen molar-refractivity contribution in [3.8, 4) is 11.1 Å². The molecule has 0 aromatic heterocycles. The van der Waals surface area contributed by atoms with Gasteiger partial charge in [-0.05, 0) is 0 Å². The summed E-state index contributed by atoms with van der Waals surface area (Å²) in [6, 6.07) is 50.1. The van der Waals surface area contributed by atoms with Gasteiger partial charge in [0.15, 0.2) is 0 Å². The van der Waals surface area contributed by atoms with E-state index in [-0.39, 0.29) is 45.7 Å². The molecule has 0 bridgehead atoms. The van der Waals surface area contributed by atoms with Crippen molar-refractivity contribution in [2.75, 3.05) is 0 Å². The van der Waals surface area contributed by atoms with Crippen molar-refractivity contribution in [3.05, 3.63) is 180 Å². The second-order valence-corrected chi connectivity index (χ2v) is 8.08. The summed E-state index contributed by atoms with van der Waals surface area (Å²) < 4.78 is 0. The molecule has 0 aliphatic rings. The Bertz CT molecular complexity index is 1300. The number of carbonyl (C=O) groups is 2. The van der Waals surface area contributed by atoms with E-state index in [0.29, 0.717) is 0 Å². The molecule has 0 N–H and O–H groups in total. The summed E-state index contributed by atoms with van der Waals surface area (Å²) >= 11 is 0. The van der Waals surface area contributed by atoms with Crippen LogP contribution in [0.2, 0.25) is 0 Å². The molecule has 6 aromatic rings. The van der Waals surface area contributed by atoms with Gasteiger partial charge in [-0.15, -0.1) is 24.3 Å². The molecule has 0 saturated heterocycles. The molecule has 6 aromatic carbocycles. The monoisotopic (exact) mass is 578 g/mol. The van der Waals surface area contributed by atoms with Crippen LogP contribution < -0.4 is 0 Å². The Hall–Kier alpha value is -3.78. The van der Waals surface area contributed by atoms with Crippen LogP contribution in [0.25, 0.3) is 11.1 Å². The third kappa shape index (κ3) is 8.66. The van der Waals surface area contributed by atoms with Crippen LogP contribution in [0.1, 0.15) is 31.8 Å². The molecule has 0 unspecified atom stereocenters. The number of hydrogen-bond acceptors (Lipinski definition) is 2. The molecule has 0 aliphatic carbocycles. The predicted octanol–water partition coefficient (Wildman–Crippen LogP) is 8.06. The van der Waals surface area contributed by atoms with Gasteiger partial charge in [-0.3, -0.25) is 0 Å². The number of rotatable bonds is 5. The molecule has 0 radical (unpaired) electrons. The fraction of sp³-hybridized carbons (Fsp3) is 0. The van der Waals surface area contributed by atoms with Crippen molar-refractivity contribution in [1.29, 1.82) is 0 Å². The third-order valence-corrected chi connectivity index (χ3v) is 5.58. The van der Waals surface area contributed by atoms with E-state index in [1.165, 1.54) is 11.1 Å². The quantitative estimate of drug-likeness (QED) is 0.118. The summed E-state index contributed by atoms with van der Waals surface area (Å²) in [5.41, 5.74) is 5.62. The fourth-order valence-electron chi connectivity index (χ4n) is 3.70. The van der Waals surface area contributed by atoms with E-state index in [1.54, 1.807) is 0 Å². The molecule has 2 nitrogen and oxygen atoms in total. The van der Waals surface area contributed by atoms with Gasteiger partial charge in [0.2, 0.25) is 0 Å². The Morgan fingerprint density at radius 2 is 0.632 bits per heavy atom. The van der Waals surface area contributed by atoms with E-state index in [9.17, 15) is 9.59 Å². The molecule has 0 heterocycles. The maximum absolute atomic E-state index is 11.7. The molecule has 38 heavy (non-hydrogen) atoms. The minimum absolute atomic E-state index is 0. The summed E-state index contributed by atoms with van der Waals surface area (Å²) in [6.07, 6.45) is 0. The largest absolute Gasteiger partial charge is 0.311 e. The molecule has 0 amide bonds. The number of carbonyl (C=O) groups excluding carboxylic acids is 2. The number of hydrogen-bond donors (Lipinski definition) is 0. The molecule has 0 fully saturated rings. The summed E-state index contributed by atoms with van der Waals surface area (Å²) in [4.78, 5) is 23.4. The Morgan fingerprint density at radius 3 is 0.921 bits per heavy atom. The first-order valence-corrected chi connectivity index (χ1v) is 11.8.